The van der Waals surface area contributed by atoms with Crippen molar-refractivity contribution in [1.82, 2.24) is 34.9 Å². The molecular weight excluding hydrogens is 911 g/mol. The first-order valence-corrected chi connectivity index (χ1v) is 22.9. The first-order chi connectivity index (χ1) is 34.7. The van der Waals surface area contributed by atoms with Crippen LogP contribution in [0.4, 0.5) is 0 Å². The van der Waals surface area contributed by atoms with Gasteiger partial charge in [0.1, 0.15) is 54.6 Å². The van der Waals surface area contributed by atoms with Gasteiger partial charge in [-0.3, -0.25) is 15.0 Å². The number of hydrogen-bond donors (Lipinski definition) is 9. The van der Waals surface area contributed by atoms with Crippen LogP contribution in [0.2, 0.25) is 0 Å². The Hall–Kier alpha value is -7.33. The van der Waals surface area contributed by atoms with Crippen LogP contribution < -0.4 is 4.74 Å². The van der Waals surface area contributed by atoms with Gasteiger partial charge in [0.25, 0.3) is 0 Å². The van der Waals surface area contributed by atoms with E-state index in [4.69, 9.17) is 28.9 Å². The Balaban J connectivity index is 1.01. The number of pyridine rings is 3. The second kappa shape index (κ2) is 19.5. The van der Waals surface area contributed by atoms with Crippen LogP contribution >= 0.6 is 0 Å². The van der Waals surface area contributed by atoms with E-state index in [0.717, 1.165) is 78.0 Å². The van der Waals surface area contributed by atoms with Crippen LogP contribution in [0, 0.1) is 0 Å². The lowest BCUT2D eigenvalue weighted by molar-refractivity contribution is -0.352. The van der Waals surface area contributed by atoms with Gasteiger partial charge < -0.3 is 64.7 Å². The monoisotopic (exact) mass is 957 g/mol. The molecule has 2 fully saturated rings. The Bertz CT molecular complexity index is 3240. The van der Waals surface area contributed by atoms with Crippen LogP contribution in [-0.4, -0.2) is 145 Å². The van der Waals surface area contributed by atoms with Gasteiger partial charge in [-0.2, -0.15) is 0 Å². The lowest BCUT2D eigenvalue weighted by atomic mass is 9.97. The number of rotatable bonds is 10. The summed E-state index contributed by atoms with van der Waals surface area (Å²) in [6.07, 6.45) is 2.58. The molecule has 4 aliphatic rings. The van der Waals surface area contributed by atoms with Gasteiger partial charge in [-0.25, -0.2) is 9.97 Å². The van der Waals surface area contributed by atoms with E-state index in [0.29, 0.717) is 11.4 Å². The van der Waals surface area contributed by atoms with Crippen molar-refractivity contribution in [3.05, 3.63) is 145 Å². The minimum Gasteiger partial charge on any atom is -0.462 e. The number of aromatic nitrogens is 7. The average molecular weight is 958 g/mol. The van der Waals surface area contributed by atoms with Gasteiger partial charge in [-0.1, -0.05) is 12.1 Å². The van der Waals surface area contributed by atoms with E-state index in [2.05, 4.69) is 24.9 Å². The molecule has 18 nitrogen and oxygen atoms in total. The SMILES string of the molecule is OC[C@H]1O[C@H](O[C@H]2[C@H](O)[C@@H](O)[C@H](Oc3ccc(-c4c5nc(c(-c6ccncc6)c6ccc([nH]6)c(-c6ccncc6)c6nc(c(-c7ccncc7)c7ccc4[nH]7)C=C6)C=C5)cc3)O[C@@H]2CO)[C@H](O)[C@@H](O)[C@@H]1O. The molecule has 0 aliphatic carbocycles. The molecule has 11 rings (SSSR count). The first kappa shape index (κ1) is 46.1. The maximum absolute atomic E-state index is 11.3. The highest BCUT2D eigenvalue weighted by Crippen LogP contribution is 2.39. The third-order valence-corrected chi connectivity index (χ3v) is 13.0. The van der Waals surface area contributed by atoms with Crippen molar-refractivity contribution in [2.45, 2.75) is 61.4 Å². The molecule has 4 aliphatic heterocycles. The number of aromatic amines is 2. The Morgan fingerprint density at radius 3 is 1.21 bits per heavy atom. The molecule has 71 heavy (non-hydrogen) atoms. The predicted molar refractivity (Wildman–Crippen MR) is 261 cm³/mol. The van der Waals surface area contributed by atoms with Crippen molar-refractivity contribution in [1.29, 1.82) is 0 Å². The number of nitrogens with one attached hydrogen (secondary N) is 2. The molecule has 9 N–H and O–H groups in total. The Morgan fingerprint density at radius 1 is 0.423 bits per heavy atom. The molecule has 18 heteroatoms. The molecule has 1 aromatic carbocycles. The standard InChI is InChI=1S/C53H47N7O11/c61-25-40-46(63)47(64)49(66)53(69-40)71-51-41(26-62)70-52(50(67)48(51)65)68-31-3-1-27(2-4-31)42-32-5-7-34(57-32)43(28-13-19-54-20-14-28)36-9-11-38(59-36)45(30-17-23-56-24-18-30)39-12-10-37(60-39)44(29-15-21-55-22-16-29)35-8-6-33(42)58-35/h1-24,40-41,46-53,57,60-67H,25-26H2/t40-,41-,46-,47+,48-,49-,50-,51-,52-,53-/m1/s1. The highest BCUT2D eigenvalue weighted by molar-refractivity contribution is 5.99. The van der Waals surface area contributed by atoms with E-state index >= 15 is 0 Å². The summed E-state index contributed by atoms with van der Waals surface area (Å²) in [5.41, 5.74) is 12.9. The lowest BCUT2D eigenvalue weighted by Crippen LogP contribution is -2.65. The number of ether oxygens (including phenoxy) is 4. The van der Waals surface area contributed by atoms with Crippen LogP contribution in [0.5, 0.6) is 5.75 Å². The normalized spacial score (nSPS) is 25.1. The van der Waals surface area contributed by atoms with E-state index in [1.165, 1.54) is 0 Å². The van der Waals surface area contributed by atoms with Crippen LogP contribution in [0.15, 0.2) is 122 Å². The summed E-state index contributed by atoms with van der Waals surface area (Å²) in [4.78, 5) is 30.9. The van der Waals surface area contributed by atoms with Gasteiger partial charge in [0.15, 0.2) is 6.29 Å². The van der Waals surface area contributed by atoms with Crippen LogP contribution in [0.3, 0.4) is 0 Å². The third-order valence-electron chi connectivity index (χ3n) is 13.0. The Kier molecular flexibility index (Phi) is 12.6. The summed E-state index contributed by atoms with van der Waals surface area (Å²) < 4.78 is 23.2. The number of fused-ring (bicyclic) bond motifs is 8. The predicted octanol–water partition coefficient (Wildman–Crippen LogP) is 4.51. The molecule has 0 saturated carbocycles. The molecule has 0 spiro atoms. The number of hydrogen-bond acceptors (Lipinski definition) is 16. The average Bonchev–Trinajstić information content (AvgIpc) is 4.26. The molecule has 10 heterocycles. The number of aliphatic hydroxyl groups is 7. The van der Waals surface area contributed by atoms with Gasteiger partial charge in [-0.15, -0.1) is 0 Å². The van der Waals surface area contributed by atoms with E-state index in [-0.39, 0.29) is 5.75 Å². The third kappa shape index (κ3) is 8.72. The summed E-state index contributed by atoms with van der Waals surface area (Å²) in [6, 6.07) is 26.8. The zero-order chi connectivity index (χ0) is 48.8. The minimum absolute atomic E-state index is 0.248. The number of nitrogens with zero attached hydrogens (tertiary/aromatic N) is 5. The summed E-state index contributed by atoms with van der Waals surface area (Å²) in [5, 5.41) is 73.5. The van der Waals surface area contributed by atoms with Crippen molar-refractivity contribution >= 4 is 46.4 Å². The zero-order valence-electron chi connectivity index (χ0n) is 37.5. The molecule has 8 bridgehead atoms. The fourth-order valence-electron chi connectivity index (χ4n) is 9.46. The molecule has 0 unspecified atom stereocenters. The summed E-state index contributed by atoms with van der Waals surface area (Å²) in [5.74, 6) is 0.248. The van der Waals surface area contributed by atoms with Gasteiger partial charge >= 0.3 is 0 Å². The molecular formula is C53H47N7O11. The van der Waals surface area contributed by atoms with Gasteiger partial charge in [0, 0.05) is 81.5 Å². The first-order valence-electron chi connectivity index (χ1n) is 22.9. The molecule has 6 aromatic heterocycles. The summed E-state index contributed by atoms with van der Waals surface area (Å²) in [7, 11) is 0. The molecule has 2 saturated heterocycles. The highest BCUT2D eigenvalue weighted by Gasteiger charge is 2.51. The van der Waals surface area contributed by atoms with E-state index < -0.39 is 74.6 Å². The maximum Gasteiger partial charge on any atom is 0.229 e. The largest absolute Gasteiger partial charge is 0.462 e. The van der Waals surface area contributed by atoms with E-state index in [1.54, 1.807) is 49.3 Å². The molecule has 10 atom stereocenters. The topological polar surface area (TPSA) is 275 Å². The number of H-pyrrole nitrogens is 2. The Labute approximate surface area is 404 Å². The van der Waals surface area contributed by atoms with Crippen LogP contribution in [0.1, 0.15) is 22.8 Å². The van der Waals surface area contributed by atoms with Crippen molar-refractivity contribution in [2.75, 3.05) is 13.2 Å². The second-order valence-electron chi connectivity index (χ2n) is 17.4. The van der Waals surface area contributed by atoms with Gasteiger partial charge in [0.2, 0.25) is 6.29 Å². The smallest absolute Gasteiger partial charge is 0.229 e. The number of aliphatic hydroxyl groups excluding tert-OH is 7. The van der Waals surface area contributed by atoms with Crippen molar-refractivity contribution in [3.8, 4) is 50.3 Å². The van der Waals surface area contributed by atoms with Crippen LogP contribution in [0.25, 0.3) is 90.9 Å². The van der Waals surface area contributed by atoms with Crippen molar-refractivity contribution in [3.63, 3.8) is 0 Å². The fourth-order valence-corrected chi connectivity index (χ4v) is 9.46. The Morgan fingerprint density at radius 2 is 0.803 bits per heavy atom. The second-order valence-corrected chi connectivity index (χ2v) is 17.4. The molecule has 0 amide bonds. The quantitative estimate of drug-likeness (QED) is 0.0912. The van der Waals surface area contributed by atoms with E-state index in [9.17, 15) is 35.7 Å². The molecule has 360 valence electrons. The molecule has 0 radical (unpaired) electrons. The van der Waals surface area contributed by atoms with Crippen molar-refractivity contribution in [2.24, 2.45) is 0 Å². The maximum atomic E-state index is 11.3. The summed E-state index contributed by atoms with van der Waals surface area (Å²) in [6.45, 7) is -1.42. The lowest BCUT2D eigenvalue weighted by Gasteiger charge is -2.45. The van der Waals surface area contributed by atoms with Gasteiger partial charge in [0.05, 0.1) is 36.0 Å². The fraction of sp³-hybridized carbons (Fsp3) is 0.226. The van der Waals surface area contributed by atoms with E-state index in [1.807, 2.05) is 97.1 Å². The van der Waals surface area contributed by atoms with Crippen molar-refractivity contribution < 1.29 is 54.7 Å². The van der Waals surface area contributed by atoms with Crippen LogP contribution in [-0.2, 0) is 14.2 Å². The minimum atomic E-state index is -1.80. The highest BCUT2D eigenvalue weighted by atomic mass is 16.7. The van der Waals surface area contributed by atoms with Gasteiger partial charge in [-0.05, 0) is 119 Å². The zero-order valence-corrected chi connectivity index (χ0v) is 37.5. The summed E-state index contributed by atoms with van der Waals surface area (Å²) >= 11 is 0. The number of benzene rings is 1. The molecule has 7 aromatic rings.